The van der Waals surface area contributed by atoms with Gasteiger partial charge in [-0.15, -0.1) is 0 Å². The maximum absolute atomic E-state index is 12.2. The van der Waals surface area contributed by atoms with E-state index in [1.54, 1.807) is 0 Å². The number of aliphatic hydroxyl groups is 1. The first-order chi connectivity index (χ1) is 11.5. The molecule has 1 aliphatic carbocycles. The molecule has 3 rings (SSSR count). The summed E-state index contributed by atoms with van der Waals surface area (Å²) in [7, 11) is 0. The van der Waals surface area contributed by atoms with Crippen molar-refractivity contribution in [2.75, 3.05) is 24.6 Å². The summed E-state index contributed by atoms with van der Waals surface area (Å²) in [4.78, 5) is 19.0. The minimum Gasteiger partial charge on any atom is -0.394 e. The molecule has 6 heteroatoms. The SMILES string of the molecule is Cc1ccc(N2CCC(NC(=O)NC(C)(CO)C3CC3)CC2)nc1. The molecule has 2 fully saturated rings. The maximum atomic E-state index is 12.2. The highest BCUT2D eigenvalue weighted by molar-refractivity contribution is 5.75. The monoisotopic (exact) mass is 332 g/mol. The average molecular weight is 332 g/mol. The van der Waals surface area contributed by atoms with E-state index in [0.717, 1.165) is 50.2 Å². The Morgan fingerprint density at radius 2 is 2.04 bits per heavy atom. The minimum atomic E-state index is -0.489. The first kappa shape index (κ1) is 17.0. The summed E-state index contributed by atoms with van der Waals surface area (Å²) < 4.78 is 0. The summed E-state index contributed by atoms with van der Waals surface area (Å²) in [6.07, 6.45) is 5.86. The van der Waals surface area contributed by atoms with Crippen LogP contribution in [-0.4, -0.2) is 47.4 Å². The van der Waals surface area contributed by atoms with Crippen molar-refractivity contribution in [2.45, 2.75) is 51.1 Å². The molecule has 0 spiro atoms. The zero-order chi connectivity index (χ0) is 17.2. The molecule has 0 bridgehead atoms. The number of hydrogen-bond donors (Lipinski definition) is 3. The molecule has 1 atom stereocenters. The molecule has 2 aliphatic rings. The van der Waals surface area contributed by atoms with Crippen molar-refractivity contribution in [1.29, 1.82) is 0 Å². The van der Waals surface area contributed by atoms with Crippen LogP contribution >= 0.6 is 0 Å². The van der Waals surface area contributed by atoms with Gasteiger partial charge in [0.15, 0.2) is 0 Å². The van der Waals surface area contributed by atoms with Gasteiger partial charge in [-0.2, -0.15) is 0 Å². The molecule has 1 saturated carbocycles. The van der Waals surface area contributed by atoms with Crippen molar-refractivity contribution < 1.29 is 9.90 Å². The summed E-state index contributed by atoms with van der Waals surface area (Å²) in [5.74, 6) is 1.41. The normalized spacial score (nSPS) is 21.2. The largest absolute Gasteiger partial charge is 0.394 e. The Morgan fingerprint density at radius 3 is 2.58 bits per heavy atom. The number of piperidine rings is 1. The third-order valence-corrected chi connectivity index (χ3v) is 5.26. The molecule has 2 amide bonds. The van der Waals surface area contributed by atoms with E-state index in [2.05, 4.69) is 32.7 Å². The van der Waals surface area contributed by atoms with Gasteiger partial charge >= 0.3 is 6.03 Å². The third-order valence-electron chi connectivity index (χ3n) is 5.26. The van der Waals surface area contributed by atoms with Crippen LogP contribution in [0.25, 0.3) is 0 Å². The summed E-state index contributed by atoms with van der Waals surface area (Å²) in [6, 6.07) is 4.14. The Balaban J connectivity index is 1.46. The van der Waals surface area contributed by atoms with Crippen molar-refractivity contribution in [3.05, 3.63) is 23.9 Å². The Bertz CT molecular complexity index is 565. The molecule has 1 unspecified atom stereocenters. The molecule has 1 aliphatic heterocycles. The number of amides is 2. The highest BCUT2D eigenvalue weighted by Crippen LogP contribution is 2.39. The van der Waals surface area contributed by atoms with Crippen LogP contribution in [0, 0.1) is 12.8 Å². The predicted octanol–water partition coefficient (Wildman–Crippen LogP) is 1.82. The number of pyridine rings is 1. The smallest absolute Gasteiger partial charge is 0.315 e. The highest BCUT2D eigenvalue weighted by Gasteiger charge is 2.42. The molecule has 0 radical (unpaired) electrons. The molecular weight excluding hydrogens is 304 g/mol. The first-order valence-electron chi connectivity index (χ1n) is 8.87. The van der Waals surface area contributed by atoms with Gasteiger partial charge in [-0.1, -0.05) is 6.07 Å². The van der Waals surface area contributed by atoms with Gasteiger partial charge in [0.2, 0.25) is 0 Å². The summed E-state index contributed by atoms with van der Waals surface area (Å²) in [5, 5.41) is 15.6. The Labute approximate surface area is 143 Å². The van der Waals surface area contributed by atoms with E-state index in [0.29, 0.717) is 5.92 Å². The van der Waals surface area contributed by atoms with Gasteiger partial charge in [0.25, 0.3) is 0 Å². The van der Waals surface area contributed by atoms with Gasteiger partial charge in [0.1, 0.15) is 5.82 Å². The van der Waals surface area contributed by atoms with Crippen molar-refractivity contribution >= 4 is 11.8 Å². The number of aryl methyl sites for hydroxylation is 1. The number of carbonyl (C=O) groups excluding carboxylic acids is 1. The highest BCUT2D eigenvalue weighted by atomic mass is 16.3. The van der Waals surface area contributed by atoms with Gasteiger partial charge < -0.3 is 20.6 Å². The van der Waals surface area contributed by atoms with Gasteiger partial charge in [0, 0.05) is 25.3 Å². The van der Waals surface area contributed by atoms with Crippen LogP contribution in [0.3, 0.4) is 0 Å². The van der Waals surface area contributed by atoms with Crippen LogP contribution in [0.5, 0.6) is 0 Å². The quantitative estimate of drug-likeness (QED) is 0.769. The molecule has 0 aromatic carbocycles. The van der Waals surface area contributed by atoms with Crippen LogP contribution in [0.1, 0.15) is 38.2 Å². The van der Waals surface area contributed by atoms with Gasteiger partial charge in [-0.05, 0) is 57.1 Å². The topological polar surface area (TPSA) is 77.5 Å². The predicted molar refractivity (Wildman–Crippen MR) is 94.1 cm³/mol. The first-order valence-corrected chi connectivity index (χ1v) is 8.87. The van der Waals surface area contributed by atoms with E-state index in [-0.39, 0.29) is 18.7 Å². The fourth-order valence-corrected chi connectivity index (χ4v) is 3.37. The number of hydrogen-bond acceptors (Lipinski definition) is 4. The van der Waals surface area contributed by atoms with E-state index in [9.17, 15) is 9.90 Å². The lowest BCUT2D eigenvalue weighted by atomic mass is 9.97. The summed E-state index contributed by atoms with van der Waals surface area (Å²) >= 11 is 0. The second kappa shape index (κ2) is 6.97. The Hall–Kier alpha value is -1.82. The third kappa shape index (κ3) is 3.98. The molecule has 2 heterocycles. The lowest BCUT2D eigenvalue weighted by molar-refractivity contribution is 0.153. The lowest BCUT2D eigenvalue weighted by Crippen LogP contribution is -2.56. The number of urea groups is 1. The molecule has 1 aromatic heterocycles. The number of anilines is 1. The van der Waals surface area contributed by atoms with Crippen molar-refractivity contribution in [3.8, 4) is 0 Å². The summed E-state index contributed by atoms with van der Waals surface area (Å²) in [6.45, 7) is 5.73. The van der Waals surface area contributed by atoms with E-state index >= 15 is 0 Å². The zero-order valence-electron chi connectivity index (χ0n) is 14.6. The summed E-state index contributed by atoms with van der Waals surface area (Å²) in [5.41, 5.74) is 0.672. The van der Waals surface area contributed by atoms with Crippen LogP contribution in [0.15, 0.2) is 18.3 Å². The van der Waals surface area contributed by atoms with Gasteiger partial charge in [-0.3, -0.25) is 0 Å². The van der Waals surface area contributed by atoms with Crippen LogP contribution in [-0.2, 0) is 0 Å². The second-order valence-electron chi connectivity index (χ2n) is 7.40. The molecule has 24 heavy (non-hydrogen) atoms. The standard InChI is InChI=1S/C18H28N4O2/c1-13-3-6-16(19-11-13)22-9-7-15(8-10-22)20-17(24)21-18(2,12-23)14-4-5-14/h3,6,11,14-15,23H,4-5,7-10,12H2,1-2H3,(H2,20,21,24). The Morgan fingerprint density at radius 1 is 1.33 bits per heavy atom. The lowest BCUT2D eigenvalue weighted by Gasteiger charge is -2.34. The van der Waals surface area contributed by atoms with E-state index in [4.69, 9.17) is 0 Å². The number of aromatic nitrogens is 1. The fraction of sp³-hybridized carbons (Fsp3) is 0.667. The molecule has 6 nitrogen and oxygen atoms in total. The van der Waals surface area contributed by atoms with Gasteiger partial charge in [-0.25, -0.2) is 9.78 Å². The molecule has 132 valence electrons. The molecule has 1 aromatic rings. The van der Waals surface area contributed by atoms with E-state index in [1.165, 1.54) is 0 Å². The number of rotatable bonds is 5. The van der Waals surface area contributed by atoms with Crippen molar-refractivity contribution in [2.24, 2.45) is 5.92 Å². The zero-order valence-corrected chi connectivity index (χ0v) is 14.6. The average Bonchev–Trinajstić information content (AvgIpc) is 3.41. The molecule has 3 N–H and O–H groups in total. The molecule has 1 saturated heterocycles. The van der Waals surface area contributed by atoms with Crippen LogP contribution < -0.4 is 15.5 Å². The van der Waals surface area contributed by atoms with Crippen LogP contribution in [0.4, 0.5) is 10.6 Å². The van der Waals surface area contributed by atoms with Crippen molar-refractivity contribution in [3.63, 3.8) is 0 Å². The molecular formula is C18H28N4O2. The van der Waals surface area contributed by atoms with E-state index in [1.807, 2.05) is 20.0 Å². The van der Waals surface area contributed by atoms with Gasteiger partial charge in [0.05, 0.1) is 12.1 Å². The van der Waals surface area contributed by atoms with Crippen LogP contribution in [0.2, 0.25) is 0 Å². The number of aliphatic hydroxyl groups excluding tert-OH is 1. The van der Waals surface area contributed by atoms with E-state index < -0.39 is 5.54 Å². The number of nitrogens with zero attached hydrogens (tertiary/aromatic N) is 2. The Kier molecular flexibility index (Phi) is 4.94. The second-order valence-corrected chi connectivity index (χ2v) is 7.40. The van der Waals surface area contributed by atoms with Crippen molar-refractivity contribution in [1.82, 2.24) is 15.6 Å². The maximum Gasteiger partial charge on any atom is 0.315 e. The fourth-order valence-electron chi connectivity index (χ4n) is 3.37. The number of carbonyl (C=O) groups is 1. The minimum absolute atomic E-state index is 0.0113. The number of nitrogens with one attached hydrogen (secondary N) is 2.